The van der Waals surface area contributed by atoms with Gasteiger partial charge in [0.2, 0.25) is 0 Å². The molecule has 7 heteroatoms. The normalized spacial score (nSPS) is 16.4. The number of aromatic nitrogens is 3. The molecule has 1 atom stereocenters. The van der Waals surface area contributed by atoms with Crippen LogP contribution in [-0.4, -0.2) is 32.4 Å². The molecule has 3 aromatic rings. The molecule has 0 saturated carbocycles. The van der Waals surface area contributed by atoms with Crippen molar-refractivity contribution in [3.8, 4) is 0 Å². The van der Waals surface area contributed by atoms with Crippen molar-refractivity contribution in [1.82, 2.24) is 19.9 Å². The van der Waals surface area contributed by atoms with E-state index in [1.54, 1.807) is 47.9 Å². The summed E-state index contributed by atoms with van der Waals surface area (Å²) >= 11 is 5.90. The topological polar surface area (TPSA) is 73.9 Å². The van der Waals surface area contributed by atoms with E-state index < -0.39 is 0 Å². The van der Waals surface area contributed by atoms with Gasteiger partial charge in [-0.25, -0.2) is 9.78 Å². The molecule has 1 aliphatic heterocycles. The molecular formula is C18H16ClN5O. The van der Waals surface area contributed by atoms with Crippen molar-refractivity contribution in [2.24, 2.45) is 0 Å². The highest BCUT2D eigenvalue weighted by molar-refractivity contribution is 6.30. The first-order valence-electron chi connectivity index (χ1n) is 7.97. The summed E-state index contributed by atoms with van der Waals surface area (Å²) in [7, 11) is 0. The van der Waals surface area contributed by atoms with Crippen LogP contribution in [0.4, 0.5) is 10.5 Å². The van der Waals surface area contributed by atoms with Crippen LogP contribution in [0.1, 0.15) is 23.0 Å². The van der Waals surface area contributed by atoms with E-state index in [1.807, 2.05) is 12.1 Å². The molecule has 1 unspecified atom stereocenters. The summed E-state index contributed by atoms with van der Waals surface area (Å²) in [6.07, 6.45) is 5.88. The van der Waals surface area contributed by atoms with Gasteiger partial charge in [0.05, 0.1) is 12.0 Å². The highest BCUT2D eigenvalue weighted by atomic mass is 35.5. The van der Waals surface area contributed by atoms with Gasteiger partial charge >= 0.3 is 6.03 Å². The number of halogens is 1. The van der Waals surface area contributed by atoms with Crippen LogP contribution in [0.25, 0.3) is 0 Å². The first-order valence-corrected chi connectivity index (χ1v) is 8.35. The lowest BCUT2D eigenvalue weighted by Crippen LogP contribution is -2.43. The number of imidazole rings is 1. The summed E-state index contributed by atoms with van der Waals surface area (Å²) in [6.45, 7) is 0.599. The van der Waals surface area contributed by atoms with E-state index in [-0.39, 0.29) is 12.1 Å². The Morgan fingerprint density at radius 3 is 2.72 bits per heavy atom. The molecule has 1 aromatic carbocycles. The van der Waals surface area contributed by atoms with Crippen LogP contribution in [0.15, 0.2) is 55.1 Å². The zero-order chi connectivity index (χ0) is 17.2. The van der Waals surface area contributed by atoms with Crippen LogP contribution in [0, 0.1) is 0 Å². The Morgan fingerprint density at radius 1 is 1.20 bits per heavy atom. The van der Waals surface area contributed by atoms with Gasteiger partial charge in [-0.15, -0.1) is 0 Å². The van der Waals surface area contributed by atoms with Gasteiger partial charge < -0.3 is 15.2 Å². The second-order valence-corrected chi connectivity index (χ2v) is 6.27. The zero-order valence-corrected chi connectivity index (χ0v) is 14.1. The number of carbonyl (C=O) groups excluding carboxylic acids is 1. The Bertz CT molecular complexity index is 878. The summed E-state index contributed by atoms with van der Waals surface area (Å²) in [4.78, 5) is 26.4. The van der Waals surface area contributed by atoms with Crippen LogP contribution in [0.3, 0.4) is 0 Å². The van der Waals surface area contributed by atoms with Gasteiger partial charge in [0.1, 0.15) is 6.04 Å². The van der Waals surface area contributed by atoms with Crippen LogP contribution < -0.4 is 5.32 Å². The smallest absolute Gasteiger partial charge is 0.322 e. The zero-order valence-electron chi connectivity index (χ0n) is 13.3. The Kier molecular flexibility index (Phi) is 4.11. The molecule has 0 radical (unpaired) electrons. The fourth-order valence-electron chi connectivity index (χ4n) is 3.11. The molecular weight excluding hydrogens is 338 g/mol. The number of amides is 2. The van der Waals surface area contributed by atoms with Crippen molar-refractivity contribution < 1.29 is 4.79 Å². The molecule has 25 heavy (non-hydrogen) atoms. The average molecular weight is 354 g/mol. The second-order valence-electron chi connectivity index (χ2n) is 5.83. The predicted molar refractivity (Wildman–Crippen MR) is 95.5 cm³/mol. The number of carbonyl (C=O) groups is 1. The van der Waals surface area contributed by atoms with Crippen molar-refractivity contribution in [2.45, 2.75) is 12.5 Å². The van der Waals surface area contributed by atoms with Crippen molar-refractivity contribution >= 4 is 23.3 Å². The number of nitrogens with one attached hydrogen (secondary N) is 2. The van der Waals surface area contributed by atoms with Crippen LogP contribution >= 0.6 is 11.6 Å². The number of H-pyrrole nitrogens is 1. The van der Waals surface area contributed by atoms with E-state index >= 15 is 0 Å². The molecule has 2 amide bonds. The van der Waals surface area contributed by atoms with Gasteiger partial charge in [-0.2, -0.15) is 0 Å². The molecule has 4 rings (SSSR count). The molecule has 0 bridgehead atoms. The van der Waals surface area contributed by atoms with E-state index in [1.165, 1.54) is 0 Å². The van der Waals surface area contributed by atoms with E-state index in [9.17, 15) is 4.79 Å². The minimum absolute atomic E-state index is 0.169. The van der Waals surface area contributed by atoms with Gasteiger partial charge in [0, 0.05) is 41.8 Å². The molecule has 6 nitrogen and oxygen atoms in total. The highest BCUT2D eigenvalue weighted by Gasteiger charge is 2.34. The third-order valence-electron chi connectivity index (χ3n) is 4.30. The van der Waals surface area contributed by atoms with Gasteiger partial charge in [0.15, 0.2) is 0 Å². The van der Waals surface area contributed by atoms with Gasteiger partial charge in [-0.1, -0.05) is 11.6 Å². The molecule has 0 spiro atoms. The maximum Gasteiger partial charge on any atom is 0.322 e. The lowest BCUT2D eigenvalue weighted by molar-refractivity contribution is 0.192. The minimum Gasteiger partial charge on any atom is -0.348 e. The maximum atomic E-state index is 12.9. The number of rotatable bonds is 2. The number of urea groups is 1. The monoisotopic (exact) mass is 353 g/mol. The van der Waals surface area contributed by atoms with Crippen LogP contribution in [0.2, 0.25) is 5.02 Å². The quantitative estimate of drug-likeness (QED) is 0.738. The third-order valence-corrected chi connectivity index (χ3v) is 4.56. The summed E-state index contributed by atoms with van der Waals surface area (Å²) in [5.74, 6) is 0. The highest BCUT2D eigenvalue weighted by Crippen LogP contribution is 2.33. The predicted octanol–water partition coefficient (Wildman–Crippen LogP) is 3.64. The standard InChI is InChI=1S/C18H16ClN5O/c19-13-1-3-14(4-2-13)23-18(25)24-10-7-15-16(22-11-21-15)17(24)12-5-8-20-9-6-12/h1-6,8-9,11,17H,7,10H2,(H,21,22)(H,23,25). The average Bonchev–Trinajstić information content (AvgIpc) is 3.12. The molecule has 126 valence electrons. The number of hydrogen-bond donors (Lipinski definition) is 2. The summed E-state index contributed by atoms with van der Waals surface area (Å²) < 4.78 is 0. The van der Waals surface area contributed by atoms with E-state index in [0.717, 1.165) is 23.4 Å². The molecule has 1 aliphatic rings. The number of aromatic amines is 1. The number of pyridine rings is 1. The fourth-order valence-corrected chi connectivity index (χ4v) is 3.23. The van der Waals surface area contributed by atoms with Crippen LogP contribution in [-0.2, 0) is 6.42 Å². The number of hydrogen-bond acceptors (Lipinski definition) is 3. The minimum atomic E-state index is -0.245. The number of anilines is 1. The Balaban J connectivity index is 1.65. The maximum absolute atomic E-state index is 12.9. The summed E-state index contributed by atoms with van der Waals surface area (Å²) in [5, 5.41) is 3.57. The van der Waals surface area contributed by atoms with E-state index in [4.69, 9.17) is 11.6 Å². The van der Waals surface area contributed by atoms with Gasteiger partial charge in [0.25, 0.3) is 0 Å². The molecule has 0 saturated heterocycles. The largest absolute Gasteiger partial charge is 0.348 e. The van der Waals surface area contributed by atoms with Crippen molar-refractivity contribution in [2.75, 3.05) is 11.9 Å². The molecule has 3 heterocycles. The molecule has 0 fully saturated rings. The Hall–Kier alpha value is -2.86. The summed E-state index contributed by atoms with van der Waals surface area (Å²) in [5.41, 5.74) is 3.63. The van der Waals surface area contributed by atoms with Gasteiger partial charge in [-0.3, -0.25) is 4.98 Å². The Labute approximate surface area is 149 Å². The summed E-state index contributed by atoms with van der Waals surface area (Å²) in [6, 6.07) is 10.5. The van der Waals surface area contributed by atoms with E-state index in [0.29, 0.717) is 17.3 Å². The van der Waals surface area contributed by atoms with Crippen molar-refractivity contribution in [3.63, 3.8) is 0 Å². The lowest BCUT2D eigenvalue weighted by Gasteiger charge is -2.35. The number of fused-ring (bicyclic) bond motifs is 1. The molecule has 0 aliphatic carbocycles. The number of nitrogens with zero attached hydrogens (tertiary/aromatic N) is 3. The van der Waals surface area contributed by atoms with E-state index in [2.05, 4.69) is 20.3 Å². The third kappa shape index (κ3) is 3.08. The van der Waals surface area contributed by atoms with Crippen molar-refractivity contribution in [3.05, 3.63) is 77.1 Å². The first-order chi connectivity index (χ1) is 12.2. The molecule has 2 aromatic heterocycles. The second kappa shape index (κ2) is 6.57. The van der Waals surface area contributed by atoms with Gasteiger partial charge in [-0.05, 0) is 42.0 Å². The SMILES string of the molecule is O=C(Nc1ccc(Cl)cc1)N1CCc2[nH]cnc2C1c1ccncc1. The first kappa shape index (κ1) is 15.7. The van der Waals surface area contributed by atoms with Crippen molar-refractivity contribution in [1.29, 1.82) is 0 Å². The Morgan fingerprint density at radius 2 is 1.96 bits per heavy atom. The number of benzene rings is 1. The lowest BCUT2D eigenvalue weighted by atomic mass is 9.97. The molecule has 2 N–H and O–H groups in total. The fraction of sp³-hybridized carbons (Fsp3) is 0.167. The van der Waals surface area contributed by atoms with Crippen LogP contribution in [0.5, 0.6) is 0 Å².